The Hall–Kier alpha value is -2.12. The van der Waals surface area contributed by atoms with E-state index in [4.69, 9.17) is 4.74 Å². The van der Waals surface area contributed by atoms with E-state index in [0.29, 0.717) is 5.75 Å². The molecular weight excluding hydrogens is 390 g/mol. The summed E-state index contributed by atoms with van der Waals surface area (Å²) in [6.45, 7) is 4.23. The predicted molar refractivity (Wildman–Crippen MR) is 116 cm³/mol. The molecule has 1 aromatic carbocycles. The van der Waals surface area contributed by atoms with Gasteiger partial charge in [0.05, 0.1) is 12.9 Å². The molecule has 5 nitrogen and oxygen atoms in total. The number of anilines is 1. The molecule has 0 fully saturated rings. The Bertz CT molecular complexity index is 1010. The van der Waals surface area contributed by atoms with Gasteiger partial charge in [-0.3, -0.25) is 4.79 Å². The van der Waals surface area contributed by atoms with Gasteiger partial charge in [-0.05, 0) is 61.9 Å². The smallest absolute Gasteiger partial charge is 0.234 e. The number of rotatable bonds is 5. The minimum absolute atomic E-state index is 0.0442. The number of benzene rings is 1. The van der Waals surface area contributed by atoms with Crippen molar-refractivity contribution in [1.82, 2.24) is 9.97 Å². The van der Waals surface area contributed by atoms with Crippen molar-refractivity contribution >= 4 is 44.9 Å². The van der Waals surface area contributed by atoms with Crippen LogP contribution in [-0.4, -0.2) is 28.7 Å². The maximum atomic E-state index is 12.4. The number of aryl methyl sites for hydroxylation is 2. The summed E-state index contributed by atoms with van der Waals surface area (Å²) in [5.74, 6) is 2.52. The summed E-state index contributed by atoms with van der Waals surface area (Å²) < 4.78 is 5.15. The molecule has 4 rings (SSSR count). The van der Waals surface area contributed by atoms with E-state index in [0.717, 1.165) is 45.9 Å². The van der Waals surface area contributed by atoms with E-state index in [9.17, 15) is 4.79 Å². The first-order chi connectivity index (χ1) is 13.5. The van der Waals surface area contributed by atoms with Gasteiger partial charge in [-0.15, -0.1) is 11.3 Å². The van der Waals surface area contributed by atoms with Crippen molar-refractivity contribution in [3.63, 3.8) is 0 Å². The van der Waals surface area contributed by atoms with Crippen LogP contribution in [-0.2, 0) is 17.6 Å². The predicted octanol–water partition coefficient (Wildman–Crippen LogP) is 4.86. The number of carbonyl (C=O) groups excluding carboxylic acids is 1. The minimum Gasteiger partial charge on any atom is -0.497 e. The molecule has 1 atom stereocenters. The molecule has 1 aliphatic rings. The molecule has 1 aliphatic carbocycles. The molecule has 146 valence electrons. The van der Waals surface area contributed by atoms with Gasteiger partial charge in [0.15, 0.2) is 0 Å². The third kappa shape index (κ3) is 4.00. The Morgan fingerprint density at radius 1 is 1.32 bits per heavy atom. The number of thiophene rings is 1. The number of amides is 1. The lowest BCUT2D eigenvalue weighted by Crippen LogP contribution is -2.14. The molecule has 0 radical (unpaired) electrons. The maximum absolute atomic E-state index is 12.4. The van der Waals surface area contributed by atoms with Crippen LogP contribution in [0.15, 0.2) is 29.3 Å². The number of methoxy groups -OCH3 is 1. The molecule has 0 bridgehead atoms. The Balaban J connectivity index is 1.51. The fourth-order valence-corrected chi connectivity index (χ4v) is 5.91. The number of hydrogen-bond acceptors (Lipinski definition) is 6. The minimum atomic E-state index is -0.0442. The topological polar surface area (TPSA) is 64.1 Å². The van der Waals surface area contributed by atoms with Gasteiger partial charge in [0.1, 0.15) is 21.4 Å². The molecule has 0 saturated carbocycles. The van der Waals surface area contributed by atoms with Gasteiger partial charge in [-0.25, -0.2) is 9.97 Å². The molecule has 2 aromatic heterocycles. The van der Waals surface area contributed by atoms with Gasteiger partial charge < -0.3 is 10.1 Å². The second kappa shape index (κ2) is 8.09. The second-order valence-corrected chi connectivity index (χ2v) is 9.22. The first-order valence-electron chi connectivity index (χ1n) is 9.39. The van der Waals surface area contributed by atoms with Gasteiger partial charge in [0.2, 0.25) is 5.91 Å². The van der Waals surface area contributed by atoms with Gasteiger partial charge in [-0.1, -0.05) is 18.7 Å². The van der Waals surface area contributed by atoms with Crippen LogP contribution in [0.1, 0.15) is 29.6 Å². The highest BCUT2D eigenvalue weighted by Gasteiger charge is 2.24. The van der Waals surface area contributed by atoms with Crippen LogP contribution in [0.25, 0.3) is 10.2 Å². The van der Waals surface area contributed by atoms with Gasteiger partial charge in [0.25, 0.3) is 0 Å². The lowest BCUT2D eigenvalue weighted by Gasteiger charge is -2.18. The van der Waals surface area contributed by atoms with Crippen LogP contribution >= 0.6 is 23.1 Å². The van der Waals surface area contributed by atoms with E-state index in [2.05, 4.69) is 22.2 Å². The number of nitrogens with one attached hydrogen (secondary N) is 1. The van der Waals surface area contributed by atoms with E-state index < -0.39 is 0 Å². The molecule has 28 heavy (non-hydrogen) atoms. The largest absolute Gasteiger partial charge is 0.497 e. The van der Waals surface area contributed by atoms with Crippen LogP contribution in [0.2, 0.25) is 0 Å². The van der Waals surface area contributed by atoms with Crippen molar-refractivity contribution < 1.29 is 9.53 Å². The van der Waals surface area contributed by atoms with E-state index in [1.807, 2.05) is 31.2 Å². The van der Waals surface area contributed by atoms with Gasteiger partial charge in [0, 0.05) is 16.0 Å². The summed E-state index contributed by atoms with van der Waals surface area (Å²) in [5.41, 5.74) is 2.16. The first kappa shape index (κ1) is 19.2. The highest BCUT2D eigenvalue weighted by Crippen LogP contribution is 2.40. The fraction of sp³-hybridized carbons (Fsp3) is 0.381. The summed E-state index contributed by atoms with van der Waals surface area (Å²) >= 11 is 3.29. The SMILES string of the molecule is COc1ccc(NC(=O)CSc2nc(C)nc3sc4c(c23)CC[C@H](C)C4)cc1. The van der Waals surface area contributed by atoms with E-state index in [1.54, 1.807) is 18.4 Å². The number of hydrogen-bond donors (Lipinski definition) is 1. The molecule has 3 aromatic rings. The molecular formula is C21H23N3O2S2. The number of carbonyl (C=O) groups is 1. The summed E-state index contributed by atoms with van der Waals surface area (Å²) in [7, 11) is 1.62. The zero-order valence-electron chi connectivity index (χ0n) is 16.2. The Kier molecular flexibility index (Phi) is 5.55. The average Bonchev–Trinajstić information content (AvgIpc) is 3.03. The Morgan fingerprint density at radius 3 is 2.86 bits per heavy atom. The molecule has 0 unspecified atom stereocenters. The van der Waals surface area contributed by atoms with Crippen molar-refractivity contribution in [3.8, 4) is 5.75 Å². The van der Waals surface area contributed by atoms with Crippen molar-refractivity contribution in [2.24, 2.45) is 5.92 Å². The summed E-state index contributed by atoms with van der Waals surface area (Å²) in [6, 6.07) is 7.34. The van der Waals surface area contributed by atoms with Crippen LogP contribution < -0.4 is 10.1 Å². The molecule has 7 heteroatoms. The second-order valence-electron chi connectivity index (χ2n) is 7.17. The maximum Gasteiger partial charge on any atom is 0.234 e. The number of ether oxygens (including phenoxy) is 1. The lowest BCUT2D eigenvalue weighted by molar-refractivity contribution is -0.113. The van der Waals surface area contributed by atoms with Crippen molar-refractivity contribution in [1.29, 1.82) is 0 Å². The monoisotopic (exact) mass is 413 g/mol. The van der Waals surface area contributed by atoms with Crippen molar-refractivity contribution in [3.05, 3.63) is 40.5 Å². The Morgan fingerprint density at radius 2 is 2.11 bits per heavy atom. The zero-order chi connectivity index (χ0) is 19.7. The zero-order valence-corrected chi connectivity index (χ0v) is 17.9. The summed E-state index contributed by atoms with van der Waals surface area (Å²) in [5, 5.41) is 5.03. The number of thioether (sulfide) groups is 1. The highest BCUT2D eigenvalue weighted by atomic mass is 32.2. The summed E-state index contributed by atoms with van der Waals surface area (Å²) in [4.78, 5) is 24.3. The van der Waals surface area contributed by atoms with E-state index >= 15 is 0 Å². The first-order valence-corrected chi connectivity index (χ1v) is 11.2. The Labute approximate surface area is 172 Å². The molecule has 0 saturated heterocycles. The third-order valence-corrected chi connectivity index (χ3v) is 7.07. The number of aromatic nitrogens is 2. The highest BCUT2D eigenvalue weighted by molar-refractivity contribution is 8.00. The molecule has 2 heterocycles. The van der Waals surface area contributed by atoms with E-state index in [1.165, 1.54) is 34.0 Å². The molecule has 1 amide bonds. The average molecular weight is 414 g/mol. The van der Waals surface area contributed by atoms with Gasteiger partial charge in [-0.2, -0.15) is 0 Å². The van der Waals surface area contributed by atoms with E-state index in [-0.39, 0.29) is 5.91 Å². The third-order valence-electron chi connectivity index (χ3n) is 4.95. The van der Waals surface area contributed by atoms with Crippen molar-refractivity contribution in [2.75, 3.05) is 18.2 Å². The number of nitrogens with zero attached hydrogens (tertiary/aromatic N) is 2. The lowest BCUT2D eigenvalue weighted by atomic mass is 9.89. The molecule has 0 aliphatic heterocycles. The van der Waals surface area contributed by atoms with Crippen LogP contribution in [0, 0.1) is 12.8 Å². The quantitative estimate of drug-likeness (QED) is 0.478. The normalized spacial score (nSPS) is 16.0. The molecule has 1 N–H and O–H groups in total. The molecule has 0 spiro atoms. The standard InChI is InChI=1S/C21H23N3O2S2/c1-12-4-9-16-17(10-12)28-21-19(16)20(22-13(2)23-21)27-11-18(25)24-14-5-7-15(26-3)8-6-14/h5-8,12H,4,9-11H2,1-3H3,(H,24,25)/t12-/m0/s1. The fourth-order valence-electron chi connectivity index (χ4n) is 3.52. The van der Waals surface area contributed by atoms with Crippen molar-refractivity contribution in [2.45, 2.75) is 38.1 Å². The number of fused-ring (bicyclic) bond motifs is 3. The van der Waals surface area contributed by atoms with Crippen LogP contribution in [0.5, 0.6) is 5.75 Å². The van der Waals surface area contributed by atoms with Crippen LogP contribution in [0.3, 0.4) is 0 Å². The summed E-state index contributed by atoms with van der Waals surface area (Å²) in [6.07, 6.45) is 3.40. The van der Waals surface area contributed by atoms with Crippen LogP contribution in [0.4, 0.5) is 5.69 Å². The van der Waals surface area contributed by atoms with Gasteiger partial charge >= 0.3 is 0 Å².